The molecule has 1 aromatic heterocycles. The van der Waals surface area contributed by atoms with Crippen molar-refractivity contribution in [1.82, 2.24) is 20.8 Å². The first-order chi connectivity index (χ1) is 13.7. The van der Waals surface area contributed by atoms with E-state index in [4.69, 9.17) is 20.9 Å². The third-order valence-corrected chi connectivity index (χ3v) is 4.53. The summed E-state index contributed by atoms with van der Waals surface area (Å²) in [4.78, 5) is 9.00. The number of aliphatic imine (C=N–C) groups is 1. The number of nitrogens with one attached hydrogen (secondary N) is 2. The Bertz CT molecular complexity index is 767. The number of guanidine groups is 1. The highest BCUT2D eigenvalue weighted by Gasteiger charge is 2.20. The Kier molecular flexibility index (Phi) is 10.7. The number of hydrogen-bond acceptors (Lipinski definition) is 5. The lowest BCUT2D eigenvalue weighted by Crippen LogP contribution is -2.38. The molecule has 0 radical (unpaired) electrons. The summed E-state index contributed by atoms with van der Waals surface area (Å²) in [6, 6.07) is 7.41. The fourth-order valence-electron chi connectivity index (χ4n) is 2.62. The number of nitrogens with zero attached hydrogens (tertiary/aromatic N) is 3. The zero-order valence-electron chi connectivity index (χ0n) is 16.7. The first-order valence-electron chi connectivity index (χ1n) is 9.93. The van der Waals surface area contributed by atoms with Crippen LogP contribution in [0.25, 0.3) is 11.4 Å². The Hall–Kier alpha value is -1.39. The lowest BCUT2D eigenvalue weighted by molar-refractivity contribution is 0.123. The molecule has 1 aromatic carbocycles. The molecule has 0 unspecified atom stereocenters. The van der Waals surface area contributed by atoms with Gasteiger partial charge in [-0.3, -0.25) is 4.99 Å². The summed E-state index contributed by atoms with van der Waals surface area (Å²) in [5.74, 6) is 2.72. The van der Waals surface area contributed by atoms with Gasteiger partial charge in [-0.1, -0.05) is 28.9 Å². The van der Waals surface area contributed by atoms with Crippen molar-refractivity contribution in [2.75, 3.05) is 32.8 Å². The third-order valence-electron chi connectivity index (χ3n) is 4.29. The summed E-state index contributed by atoms with van der Waals surface area (Å²) in [6.07, 6.45) is 4.19. The Labute approximate surface area is 194 Å². The number of rotatable bonds is 11. The van der Waals surface area contributed by atoms with Crippen molar-refractivity contribution < 1.29 is 9.26 Å². The summed E-state index contributed by atoms with van der Waals surface area (Å²) >= 11 is 6.01. The average molecular weight is 534 g/mol. The van der Waals surface area contributed by atoms with Gasteiger partial charge in [0.2, 0.25) is 11.7 Å². The van der Waals surface area contributed by atoms with Gasteiger partial charge in [-0.15, -0.1) is 24.0 Å². The second kappa shape index (κ2) is 13.0. The Morgan fingerprint density at radius 1 is 1.34 bits per heavy atom. The standard InChI is InChI=1S/C20H28ClN5O2.HI/c1-2-22-20(23-10-4-12-27-14-15-7-8-15)24-11-9-18-25-19(26-28-18)16-5-3-6-17(21)13-16;/h3,5-6,13,15H,2,4,7-12,14H2,1H3,(H2,22,23,24);1H. The molecule has 1 fully saturated rings. The fourth-order valence-corrected chi connectivity index (χ4v) is 2.81. The topological polar surface area (TPSA) is 84.6 Å². The van der Waals surface area contributed by atoms with Crippen LogP contribution in [-0.4, -0.2) is 48.9 Å². The van der Waals surface area contributed by atoms with Crippen LogP contribution in [0.3, 0.4) is 0 Å². The molecule has 160 valence electrons. The summed E-state index contributed by atoms with van der Waals surface area (Å²) in [6.45, 7) is 5.92. The molecule has 0 saturated heterocycles. The minimum Gasteiger partial charge on any atom is -0.381 e. The molecule has 9 heteroatoms. The van der Waals surface area contributed by atoms with E-state index in [-0.39, 0.29) is 24.0 Å². The van der Waals surface area contributed by atoms with Crippen LogP contribution in [-0.2, 0) is 11.2 Å². The van der Waals surface area contributed by atoms with E-state index in [9.17, 15) is 0 Å². The zero-order valence-corrected chi connectivity index (χ0v) is 19.8. The van der Waals surface area contributed by atoms with Crippen molar-refractivity contribution in [3.05, 3.63) is 35.2 Å². The van der Waals surface area contributed by atoms with Crippen molar-refractivity contribution in [3.63, 3.8) is 0 Å². The lowest BCUT2D eigenvalue weighted by Gasteiger charge is -2.10. The SMILES string of the molecule is CCNC(=NCCCOCC1CC1)NCCc1nc(-c2cccc(Cl)c2)no1.I. The largest absolute Gasteiger partial charge is 0.381 e. The molecule has 1 heterocycles. The minimum atomic E-state index is 0. The second-order valence-corrected chi connectivity index (χ2v) is 7.27. The Morgan fingerprint density at radius 2 is 2.21 bits per heavy atom. The molecule has 0 bridgehead atoms. The molecule has 1 aliphatic carbocycles. The maximum atomic E-state index is 6.01. The van der Waals surface area contributed by atoms with Gasteiger partial charge in [-0.25, -0.2) is 0 Å². The van der Waals surface area contributed by atoms with E-state index in [1.165, 1.54) is 12.8 Å². The highest BCUT2D eigenvalue weighted by atomic mass is 127. The first-order valence-corrected chi connectivity index (χ1v) is 10.3. The highest BCUT2D eigenvalue weighted by Crippen LogP contribution is 2.28. The van der Waals surface area contributed by atoms with Crippen molar-refractivity contribution in [2.45, 2.75) is 32.6 Å². The van der Waals surface area contributed by atoms with Crippen LogP contribution in [0.5, 0.6) is 0 Å². The fraction of sp³-hybridized carbons (Fsp3) is 0.550. The lowest BCUT2D eigenvalue weighted by atomic mass is 10.2. The van der Waals surface area contributed by atoms with Gasteiger partial charge < -0.3 is 19.9 Å². The van der Waals surface area contributed by atoms with E-state index < -0.39 is 0 Å². The summed E-state index contributed by atoms with van der Waals surface area (Å²) in [5, 5.41) is 11.2. The van der Waals surface area contributed by atoms with Gasteiger partial charge in [0.1, 0.15) is 0 Å². The molecule has 3 rings (SSSR count). The van der Waals surface area contributed by atoms with Gasteiger partial charge in [0.05, 0.1) is 0 Å². The van der Waals surface area contributed by atoms with Crippen LogP contribution in [0.1, 0.15) is 32.1 Å². The second-order valence-electron chi connectivity index (χ2n) is 6.83. The van der Waals surface area contributed by atoms with Crippen molar-refractivity contribution in [2.24, 2.45) is 10.9 Å². The molecule has 0 amide bonds. The van der Waals surface area contributed by atoms with E-state index in [1.807, 2.05) is 31.2 Å². The summed E-state index contributed by atoms with van der Waals surface area (Å²) in [7, 11) is 0. The van der Waals surface area contributed by atoms with Gasteiger partial charge in [-0.2, -0.15) is 4.98 Å². The molecule has 2 aromatic rings. The van der Waals surface area contributed by atoms with Crippen LogP contribution >= 0.6 is 35.6 Å². The molecular weight excluding hydrogens is 505 g/mol. The number of hydrogen-bond donors (Lipinski definition) is 2. The monoisotopic (exact) mass is 533 g/mol. The molecule has 29 heavy (non-hydrogen) atoms. The molecule has 0 atom stereocenters. The predicted molar refractivity (Wildman–Crippen MR) is 126 cm³/mol. The average Bonchev–Trinajstić information content (AvgIpc) is 3.40. The maximum absolute atomic E-state index is 6.01. The van der Waals surface area contributed by atoms with E-state index >= 15 is 0 Å². The van der Waals surface area contributed by atoms with Crippen LogP contribution in [0, 0.1) is 5.92 Å². The van der Waals surface area contributed by atoms with Gasteiger partial charge in [0.15, 0.2) is 5.96 Å². The number of halogens is 2. The number of ether oxygens (including phenoxy) is 1. The molecule has 0 aliphatic heterocycles. The highest BCUT2D eigenvalue weighted by molar-refractivity contribution is 14.0. The molecule has 1 saturated carbocycles. The Balaban J connectivity index is 0.00000300. The van der Waals surface area contributed by atoms with Gasteiger partial charge >= 0.3 is 0 Å². The number of benzene rings is 1. The first kappa shape index (κ1) is 23.9. The van der Waals surface area contributed by atoms with Crippen LogP contribution < -0.4 is 10.6 Å². The van der Waals surface area contributed by atoms with E-state index in [0.29, 0.717) is 29.7 Å². The predicted octanol–water partition coefficient (Wildman–Crippen LogP) is 3.92. The van der Waals surface area contributed by atoms with Gasteiger partial charge in [0, 0.05) is 49.9 Å². The van der Waals surface area contributed by atoms with Crippen LogP contribution in [0.4, 0.5) is 0 Å². The summed E-state index contributed by atoms with van der Waals surface area (Å²) in [5.41, 5.74) is 0.842. The van der Waals surface area contributed by atoms with E-state index in [0.717, 1.165) is 50.2 Å². The van der Waals surface area contributed by atoms with Crippen LogP contribution in [0.15, 0.2) is 33.8 Å². The third kappa shape index (κ3) is 8.88. The van der Waals surface area contributed by atoms with E-state index in [1.54, 1.807) is 0 Å². The normalized spacial score (nSPS) is 13.8. The van der Waals surface area contributed by atoms with Crippen molar-refractivity contribution in [1.29, 1.82) is 0 Å². The van der Waals surface area contributed by atoms with Crippen LogP contribution in [0.2, 0.25) is 5.02 Å². The zero-order chi connectivity index (χ0) is 19.6. The van der Waals surface area contributed by atoms with Crippen molar-refractivity contribution >= 4 is 41.5 Å². The molecule has 2 N–H and O–H groups in total. The molecule has 7 nitrogen and oxygen atoms in total. The molecule has 1 aliphatic rings. The number of aromatic nitrogens is 2. The Morgan fingerprint density at radius 3 is 2.97 bits per heavy atom. The van der Waals surface area contributed by atoms with Gasteiger partial charge in [0.25, 0.3) is 0 Å². The van der Waals surface area contributed by atoms with E-state index in [2.05, 4.69) is 25.8 Å². The molecule has 0 spiro atoms. The maximum Gasteiger partial charge on any atom is 0.228 e. The van der Waals surface area contributed by atoms with Gasteiger partial charge in [-0.05, 0) is 44.2 Å². The van der Waals surface area contributed by atoms with Crippen molar-refractivity contribution in [3.8, 4) is 11.4 Å². The molecular formula is C20H29ClIN5O2. The summed E-state index contributed by atoms with van der Waals surface area (Å²) < 4.78 is 11.0. The smallest absolute Gasteiger partial charge is 0.228 e. The minimum absolute atomic E-state index is 0. The quantitative estimate of drug-likeness (QED) is 0.197.